The molecule has 0 heterocycles. The average Bonchev–Trinajstić information content (AvgIpc) is 2.32. The first-order valence-electron chi connectivity index (χ1n) is 6.96. The van der Waals surface area contributed by atoms with Gasteiger partial charge < -0.3 is 9.47 Å². The fourth-order valence-electron chi connectivity index (χ4n) is 1.62. The summed E-state index contributed by atoms with van der Waals surface area (Å²) in [4.78, 5) is 25.3. The van der Waals surface area contributed by atoms with E-state index >= 15 is 0 Å². The number of unbranched alkanes of at least 4 members (excludes halogenated alkanes) is 1. The van der Waals surface area contributed by atoms with Gasteiger partial charge in [-0.3, -0.25) is 4.90 Å². The van der Waals surface area contributed by atoms with Gasteiger partial charge in [-0.25, -0.2) is 9.59 Å². The molecule has 0 spiro atoms. The summed E-state index contributed by atoms with van der Waals surface area (Å²) in [6.45, 7) is 11.0. The smallest absolute Gasteiger partial charge is 0.410 e. The number of carbonyl (C=O) groups excluding carboxylic acids is 2. The molecule has 0 bridgehead atoms. The predicted octanol–water partition coefficient (Wildman–Crippen LogP) is 3.14. The largest absolute Gasteiger partial charge is 0.464 e. The summed E-state index contributed by atoms with van der Waals surface area (Å²) in [5.74, 6) is -0.398. The molecule has 0 saturated heterocycles. The van der Waals surface area contributed by atoms with Crippen LogP contribution in [0.4, 0.5) is 4.79 Å². The van der Waals surface area contributed by atoms with Gasteiger partial charge in [-0.1, -0.05) is 6.08 Å². The van der Waals surface area contributed by atoms with Gasteiger partial charge in [0.05, 0.1) is 6.61 Å². The molecule has 0 aliphatic carbocycles. The fourth-order valence-corrected chi connectivity index (χ4v) is 1.62. The maximum atomic E-state index is 12.0. The number of allylic oxidation sites excluding steroid dienone is 1. The number of hydrogen-bond acceptors (Lipinski definition) is 4. The quantitative estimate of drug-likeness (QED) is 0.409. The van der Waals surface area contributed by atoms with E-state index in [-0.39, 0.29) is 0 Å². The van der Waals surface area contributed by atoms with Crippen molar-refractivity contribution in [2.45, 2.75) is 58.6 Å². The van der Waals surface area contributed by atoms with Crippen molar-refractivity contribution in [1.29, 1.82) is 0 Å². The Morgan fingerprint density at radius 1 is 1.35 bits per heavy atom. The average molecular weight is 285 g/mol. The van der Waals surface area contributed by atoms with Crippen LogP contribution in [0.1, 0.15) is 47.0 Å². The zero-order valence-corrected chi connectivity index (χ0v) is 13.3. The first kappa shape index (κ1) is 18.5. The molecular weight excluding hydrogens is 258 g/mol. The second kappa shape index (κ2) is 8.61. The molecule has 0 aromatic heterocycles. The molecule has 1 unspecified atom stereocenters. The van der Waals surface area contributed by atoms with Crippen molar-refractivity contribution in [3.05, 3.63) is 12.7 Å². The van der Waals surface area contributed by atoms with Gasteiger partial charge in [0.1, 0.15) is 11.6 Å². The first-order valence-corrected chi connectivity index (χ1v) is 6.96. The Hall–Kier alpha value is -1.52. The summed E-state index contributed by atoms with van der Waals surface area (Å²) < 4.78 is 10.3. The molecule has 20 heavy (non-hydrogen) atoms. The molecule has 5 heteroatoms. The standard InChI is InChI=1S/C15H27NO4/c1-7-9-10-11-12(13(17)19-8-2)16(6)14(18)20-15(3,4)5/h7,12H,1,8-11H2,2-6H3. The van der Waals surface area contributed by atoms with E-state index in [9.17, 15) is 9.59 Å². The molecule has 0 aliphatic heterocycles. The van der Waals surface area contributed by atoms with Gasteiger partial charge in [0, 0.05) is 7.05 Å². The van der Waals surface area contributed by atoms with E-state index in [1.165, 1.54) is 4.90 Å². The summed E-state index contributed by atoms with van der Waals surface area (Å²) in [5.41, 5.74) is -0.592. The molecule has 0 saturated carbocycles. The molecule has 1 atom stereocenters. The minimum atomic E-state index is -0.621. The van der Waals surface area contributed by atoms with E-state index in [4.69, 9.17) is 9.47 Å². The molecule has 116 valence electrons. The maximum absolute atomic E-state index is 12.0. The highest BCUT2D eigenvalue weighted by Gasteiger charge is 2.30. The topological polar surface area (TPSA) is 55.8 Å². The minimum absolute atomic E-state index is 0.291. The fraction of sp³-hybridized carbons (Fsp3) is 0.733. The molecule has 0 aromatic rings. The van der Waals surface area contributed by atoms with Gasteiger partial charge in [0.2, 0.25) is 0 Å². The van der Waals surface area contributed by atoms with Crippen molar-refractivity contribution in [1.82, 2.24) is 4.90 Å². The lowest BCUT2D eigenvalue weighted by atomic mass is 10.1. The Labute approximate surface area is 121 Å². The molecule has 1 amide bonds. The number of carbonyl (C=O) groups is 2. The predicted molar refractivity (Wildman–Crippen MR) is 78.5 cm³/mol. The van der Waals surface area contributed by atoms with Crippen LogP contribution in [0.5, 0.6) is 0 Å². The van der Waals surface area contributed by atoms with E-state index in [2.05, 4.69) is 6.58 Å². The van der Waals surface area contributed by atoms with Gasteiger partial charge in [-0.05, 0) is 47.0 Å². The molecule has 0 aromatic carbocycles. The molecule has 0 rings (SSSR count). The Morgan fingerprint density at radius 3 is 2.40 bits per heavy atom. The van der Waals surface area contributed by atoms with Crippen LogP contribution in [0.25, 0.3) is 0 Å². The van der Waals surface area contributed by atoms with Crippen molar-refractivity contribution in [2.24, 2.45) is 0 Å². The number of amides is 1. The Balaban J connectivity index is 4.76. The van der Waals surface area contributed by atoms with E-state index in [1.807, 2.05) is 0 Å². The minimum Gasteiger partial charge on any atom is -0.464 e. The van der Waals surface area contributed by atoms with Crippen LogP contribution in [-0.4, -0.2) is 42.3 Å². The van der Waals surface area contributed by atoms with Crippen molar-refractivity contribution in [2.75, 3.05) is 13.7 Å². The van der Waals surface area contributed by atoms with Crippen LogP contribution >= 0.6 is 0 Å². The third kappa shape index (κ3) is 7.16. The summed E-state index contributed by atoms with van der Waals surface area (Å²) in [7, 11) is 1.56. The van der Waals surface area contributed by atoms with Crippen molar-refractivity contribution < 1.29 is 19.1 Å². The van der Waals surface area contributed by atoms with E-state index in [0.717, 1.165) is 12.8 Å². The maximum Gasteiger partial charge on any atom is 0.410 e. The lowest BCUT2D eigenvalue weighted by Gasteiger charge is -2.29. The number of ether oxygens (including phenoxy) is 2. The van der Waals surface area contributed by atoms with Crippen LogP contribution in [0.15, 0.2) is 12.7 Å². The lowest BCUT2D eigenvalue weighted by Crippen LogP contribution is -2.45. The Bertz CT molecular complexity index is 333. The van der Waals surface area contributed by atoms with Crippen molar-refractivity contribution in [3.8, 4) is 0 Å². The van der Waals surface area contributed by atoms with Crippen LogP contribution in [-0.2, 0) is 14.3 Å². The zero-order chi connectivity index (χ0) is 15.8. The van der Waals surface area contributed by atoms with E-state index < -0.39 is 23.7 Å². The van der Waals surface area contributed by atoms with Gasteiger partial charge in [-0.15, -0.1) is 6.58 Å². The number of rotatable bonds is 7. The first-order chi connectivity index (χ1) is 9.22. The van der Waals surface area contributed by atoms with Gasteiger partial charge >= 0.3 is 12.1 Å². The molecular formula is C15H27NO4. The molecule has 0 radical (unpaired) electrons. The monoisotopic (exact) mass is 285 g/mol. The lowest BCUT2D eigenvalue weighted by molar-refractivity contribution is -0.149. The highest BCUT2D eigenvalue weighted by molar-refractivity contribution is 5.81. The van der Waals surface area contributed by atoms with Gasteiger partial charge in [0.15, 0.2) is 0 Å². The molecule has 0 aliphatic rings. The highest BCUT2D eigenvalue weighted by atomic mass is 16.6. The number of likely N-dealkylation sites (N-methyl/N-ethyl adjacent to an activating group) is 1. The van der Waals surface area contributed by atoms with Crippen LogP contribution in [0.3, 0.4) is 0 Å². The second-order valence-electron chi connectivity index (χ2n) is 5.58. The number of hydrogen-bond donors (Lipinski definition) is 0. The van der Waals surface area contributed by atoms with Crippen molar-refractivity contribution in [3.63, 3.8) is 0 Å². The third-order valence-electron chi connectivity index (χ3n) is 2.59. The number of nitrogens with zero attached hydrogens (tertiary/aromatic N) is 1. The van der Waals surface area contributed by atoms with Crippen LogP contribution in [0.2, 0.25) is 0 Å². The summed E-state index contributed by atoms with van der Waals surface area (Å²) in [6, 6.07) is -0.621. The van der Waals surface area contributed by atoms with Gasteiger partial charge in [0.25, 0.3) is 0 Å². The van der Waals surface area contributed by atoms with Gasteiger partial charge in [-0.2, -0.15) is 0 Å². The summed E-state index contributed by atoms with van der Waals surface area (Å²) in [6.07, 6.45) is 3.35. The second-order valence-corrected chi connectivity index (χ2v) is 5.58. The normalized spacial score (nSPS) is 12.4. The van der Waals surface area contributed by atoms with E-state index in [0.29, 0.717) is 13.0 Å². The Morgan fingerprint density at radius 2 is 1.95 bits per heavy atom. The summed E-state index contributed by atoms with van der Waals surface area (Å²) >= 11 is 0. The summed E-state index contributed by atoms with van der Waals surface area (Å²) in [5, 5.41) is 0. The highest BCUT2D eigenvalue weighted by Crippen LogP contribution is 2.15. The third-order valence-corrected chi connectivity index (χ3v) is 2.59. The number of esters is 1. The molecule has 5 nitrogen and oxygen atoms in total. The van der Waals surface area contributed by atoms with E-state index in [1.54, 1.807) is 40.8 Å². The van der Waals surface area contributed by atoms with Crippen LogP contribution in [0, 0.1) is 0 Å². The Kier molecular flexibility index (Phi) is 7.96. The van der Waals surface area contributed by atoms with Crippen molar-refractivity contribution >= 4 is 12.1 Å². The SMILES string of the molecule is C=CCCCC(C(=O)OCC)N(C)C(=O)OC(C)(C)C. The molecule has 0 fully saturated rings. The van der Waals surface area contributed by atoms with Crippen LogP contribution < -0.4 is 0 Å². The molecule has 0 N–H and O–H groups in total. The zero-order valence-electron chi connectivity index (χ0n) is 13.3.